The van der Waals surface area contributed by atoms with Crippen molar-refractivity contribution in [1.82, 2.24) is 29.7 Å². The fraction of sp³-hybridized carbons (Fsp3) is 0.208. The lowest BCUT2D eigenvalue weighted by Gasteiger charge is -2.12. The van der Waals surface area contributed by atoms with Gasteiger partial charge in [0.2, 0.25) is 0 Å². The molecule has 5 aromatic rings. The van der Waals surface area contributed by atoms with Gasteiger partial charge in [0.15, 0.2) is 11.0 Å². The summed E-state index contributed by atoms with van der Waals surface area (Å²) >= 11 is 3.05. The van der Waals surface area contributed by atoms with E-state index in [1.165, 1.54) is 22.9 Å². The second-order valence-electron chi connectivity index (χ2n) is 7.91. The molecule has 0 aliphatic heterocycles. The predicted octanol–water partition coefficient (Wildman–Crippen LogP) is 5.15. The van der Waals surface area contributed by atoms with Gasteiger partial charge in [-0.1, -0.05) is 17.8 Å². The number of fused-ring (bicyclic) bond motifs is 1. The lowest BCUT2D eigenvalue weighted by atomic mass is 10.1. The van der Waals surface area contributed by atoms with Crippen LogP contribution in [0.5, 0.6) is 0 Å². The van der Waals surface area contributed by atoms with Crippen molar-refractivity contribution in [3.63, 3.8) is 0 Å². The van der Waals surface area contributed by atoms with Gasteiger partial charge in [0, 0.05) is 22.8 Å². The molecule has 0 aliphatic carbocycles. The number of H-pyrrole nitrogens is 1. The van der Waals surface area contributed by atoms with Gasteiger partial charge in [-0.15, -0.1) is 21.5 Å². The average Bonchev–Trinajstić information content (AvgIpc) is 3.35. The fourth-order valence-electron chi connectivity index (χ4n) is 3.65. The first-order valence-electron chi connectivity index (χ1n) is 10.5. The first-order chi connectivity index (χ1) is 15.9. The van der Waals surface area contributed by atoms with E-state index in [1.807, 2.05) is 30.5 Å². The number of nitrogens with one attached hydrogen (secondary N) is 1. The monoisotopic (exact) mass is 474 g/mol. The summed E-state index contributed by atoms with van der Waals surface area (Å²) in [5.41, 5.74) is 5.24. The lowest BCUT2D eigenvalue weighted by molar-refractivity contribution is 0.881. The van der Waals surface area contributed by atoms with Crippen LogP contribution in [-0.4, -0.2) is 29.7 Å². The molecule has 1 N–H and O–H groups in total. The number of aromatic amines is 1. The first kappa shape index (κ1) is 21.5. The lowest BCUT2D eigenvalue weighted by Crippen LogP contribution is -2.11. The van der Waals surface area contributed by atoms with Gasteiger partial charge in [-0.25, -0.2) is 4.98 Å². The highest BCUT2D eigenvalue weighted by Crippen LogP contribution is 2.31. The van der Waals surface area contributed by atoms with Crippen molar-refractivity contribution in [2.24, 2.45) is 0 Å². The third kappa shape index (κ3) is 3.98. The van der Waals surface area contributed by atoms with Gasteiger partial charge in [-0.2, -0.15) is 0 Å². The molecule has 0 saturated carbocycles. The molecule has 0 unspecified atom stereocenters. The van der Waals surface area contributed by atoms with E-state index in [-0.39, 0.29) is 5.56 Å². The maximum atomic E-state index is 12.7. The molecule has 0 fully saturated rings. The van der Waals surface area contributed by atoms with Crippen LogP contribution in [0.15, 0.2) is 52.7 Å². The van der Waals surface area contributed by atoms with Crippen molar-refractivity contribution in [3.05, 3.63) is 80.5 Å². The molecular formula is C24H22N6OS2. The van der Waals surface area contributed by atoms with Crippen LogP contribution < -0.4 is 5.56 Å². The summed E-state index contributed by atoms with van der Waals surface area (Å²) < 4.78 is 2.04. The Balaban J connectivity index is 1.55. The van der Waals surface area contributed by atoms with E-state index in [0.29, 0.717) is 17.0 Å². The number of pyridine rings is 1. The SMILES string of the molecule is Cc1ccc(-n2c(SCc3nc4sc(C)c(C)c4c(=O)[nH]3)nnc2-c2ccncc2)cc1C. The zero-order valence-corrected chi connectivity index (χ0v) is 20.3. The molecule has 9 heteroatoms. The summed E-state index contributed by atoms with van der Waals surface area (Å²) in [7, 11) is 0. The number of aryl methyl sites for hydroxylation is 4. The summed E-state index contributed by atoms with van der Waals surface area (Å²) in [6, 6.07) is 10.2. The maximum Gasteiger partial charge on any atom is 0.259 e. The maximum absolute atomic E-state index is 12.7. The topological polar surface area (TPSA) is 89.4 Å². The zero-order valence-electron chi connectivity index (χ0n) is 18.7. The van der Waals surface area contributed by atoms with Crippen molar-refractivity contribution >= 4 is 33.3 Å². The highest BCUT2D eigenvalue weighted by Gasteiger charge is 2.18. The number of thiophene rings is 1. The van der Waals surface area contributed by atoms with Gasteiger partial charge >= 0.3 is 0 Å². The molecule has 0 radical (unpaired) electrons. The van der Waals surface area contributed by atoms with E-state index < -0.39 is 0 Å². The summed E-state index contributed by atoms with van der Waals surface area (Å²) in [4.78, 5) is 26.3. The summed E-state index contributed by atoms with van der Waals surface area (Å²) in [5.74, 6) is 1.84. The van der Waals surface area contributed by atoms with Gasteiger partial charge in [0.1, 0.15) is 10.7 Å². The minimum atomic E-state index is -0.0921. The number of aromatic nitrogens is 6. The standard InChI is InChI=1S/C24H22N6OS2/c1-13-5-6-18(11-14(13)2)30-21(17-7-9-25-10-8-17)28-29-24(30)32-12-19-26-22(31)20-15(3)16(4)33-23(20)27-19/h5-11H,12H2,1-4H3,(H,26,27,31). The van der Waals surface area contributed by atoms with Crippen LogP contribution in [0.3, 0.4) is 0 Å². The number of benzene rings is 1. The number of hydrogen-bond acceptors (Lipinski definition) is 7. The average molecular weight is 475 g/mol. The Hall–Kier alpha value is -3.30. The summed E-state index contributed by atoms with van der Waals surface area (Å²) in [5, 5.41) is 10.4. The number of thioether (sulfide) groups is 1. The molecule has 4 heterocycles. The van der Waals surface area contributed by atoms with Crippen molar-refractivity contribution in [3.8, 4) is 17.1 Å². The smallest absolute Gasteiger partial charge is 0.259 e. The van der Waals surface area contributed by atoms with Gasteiger partial charge < -0.3 is 4.98 Å². The molecule has 1 aromatic carbocycles. The summed E-state index contributed by atoms with van der Waals surface area (Å²) in [6.45, 7) is 8.17. The van der Waals surface area contributed by atoms with Gasteiger partial charge in [0.25, 0.3) is 5.56 Å². The third-order valence-corrected chi connectivity index (χ3v) is 7.79. The quantitative estimate of drug-likeness (QED) is 0.354. The minimum Gasteiger partial charge on any atom is -0.309 e. The van der Waals surface area contributed by atoms with E-state index in [0.717, 1.165) is 37.5 Å². The van der Waals surface area contributed by atoms with Crippen LogP contribution in [0, 0.1) is 27.7 Å². The van der Waals surface area contributed by atoms with E-state index in [2.05, 4.69) is 52.2 Å². The van der Waals surface area contributed by atoms with Crippen LogP contribution in [0.1, 0.15) is 27.4 Å². The number of nitrogens with zero attached hydrogens (tertiary/aromatic N) is 5. The fourth-order valence-corrected chi connectivity index (χ4v) is 5.52. The summed E-state index contributed by atoms with van der Waals surface area (Å²) in [6.07, 6.45) is 3.49. The van der Waals surface area contributed by atoms with Crippen molar-refractivity contribution < 1.29 is 0 Å². The van der Waals surface area contributed by atoms with Crippen LogP contribution in [-0.2, 0) is 5.75 Å². The van der Waals surface area contributed by atoms with Crippen LogP contribution in [0.2, 0.25) is 0 Å². The normalized spacial score (nSPS) is 11.4. The molecule has 0 aliphatic rings. The molecule has 0 saturated heterocycles. The van der Waals surface area contributed by atoms with Crippen LogP contribution >= 0.6 is 23.1 Å². The van der Waals surface area contributed by atoms with Gasteiger partial charge in [-0.3, -0.25) is 14.3 Å². The molecule has 0 atom stereocenters. The van der Waals surface area contributed by atoms with Crippen LogP contribution in [0.4, 0.5) is 0 Å². The Morgan fingerprint density at radius 3 is 2.58 bits per heavy atom. The second-order valence-corrected chi connectivity index (χ2v) is 10.1. The molecule has 7 nitrogen and oxygen atoms in total. The van der Waals surface area contributed by atoms with Crippen LogP contribution in [0.25, 0.3) is 27.3 Å². The van der Waals surface area contributed by atoms with E-state index in [9.17, 15) is 4.79 Å². The predicted molar refractivity (Wildman–Crippen MR) is 133 cm³/mol. The Morgan fingerprint density at radius 2 is 1.82 bits per heavy atom. The molecule has 0 bridgehead atoms. The molecule has 5 rings (SSSR count). The Kier molecular flexibility index (Phi) is 5.59. The van der Waals surface area contributed by atoms with E-state index in [4.69, 9.17) is 4.98 Å². The Morgan fingerprint density at radius 1 is 1.03 bits per heavy atom. The third-order valence-electron chi connectivity index (χ3n) is 5.75. The molecule has 166 valence electrons. The van der Waals surface area contributed by atoms with Crippen molar-refractivity contribution in [2.45, 2.75) is 38.6 Å². The van der Waals surface area contributed by atoms with Crippen molar-refractivity contribution in [2.75, 3.05) is 0 Å². The molecule has 4 aromatic heterocycles. The second kappa shape index (κ2) is 8.57. The van der Waals surface area contributed by atoms with Gasteiger partial charge in [-0.05, 0) is 68.7 Å². The van der Waals surface area contributed by atoms with E-state index >= 15 is 0 Å². The Labute approximate surface area is 199 Å². The molecule has 33 heavy (non-hydrogen) atoms. The zero-order chi connectivity index (χ0) is 23.1. The largest absolute Gasteiger partial charge is 0.309 e. The molecule has 0 spiro atoms. The highest BCUT2D eigenvalue weighted by molar-refractivity contribution is 7.98. The minimum absolute atomic E-state index is 0.0921. The number of rotatable bonds is 5. The van der Waals surface area contributed by atoms with Gasteiger partial charge in [0.05, 0.1) is 16.8 Å². The molecular weight excluding hydrogens is 452 g/mol. The van der Waals surface area contributed by atoms with Crippen molar-refractivity contribution in [1.29, 1.82) is 0 Å². The first-order valence-corrected chi connectivity index (χ1v) is 12.3. The number of hydrogen-bond donors (Lipinski definition) is 1. The van der Waals surface area contributed by atoms with E-state index in [1.54, 1.807) is 23.7 Å². The Bertz CT molecular complexity index is 1530. The molecule has 0 amide bonds. The highest BCUT2D eigenvalue weighted by atomic mass is 32.2.